The van der Waals surface area contributed by atoms with Gasteiger partial charge in [-0.25, -0.2) is 14.3 Å². The molecule has 0 unspecified atom stereocenters. The summed E-state index contributed by atoms with van der Waals surface area (Å²) in [7, 11) is 0. The van der Waals surface area contributed by atoms with E-state index in [1.54, 1.807) is 18.0 Å². The highest BCUT2D eigenvalue weighted by atomic mass is 32.2. The molecule has 11 nitrogen and oxygen atoms in total. The summed E-state index contributed by atoms with van der Waals surface area (Å²) in [6.45, 7) is 4.68. The van der Waals surface area contributed by atoms with Gasteiger partial charge in [0.15, 0.2) is 5.69 Å². The second kappa shape index (κ2) is 10.3. The summed E-state index contributed by atoms with van der Waals surface area (Å²) in [5.41, 5.74) is 1.92. The number of carbonyl (C=O) groups is 2. The Kier molecular flexibility index (Phi) is 7.05. The maximum absolute atomic E-state index is 12.3. The van der Waals surface area contributed by atoms with Gasteiger partial charge in [0, 0.05) is 48.7 Å². The Bertz CT molecular complexity index is 1230. The SMILES string of the molecule is Cc1cc(C#N)nc(N2CCN(Sc3ccc(NC(=O)c4ccn(CC(=O)O)n4)cc3)CC2)n1. The number of carboxylic acid groups (broad SMARTS) is 1. The number of amides is 1. The number of aromatic nitrogens is 4. The highest BCUT2D eigenvalue weighted by Crippen LogP contribution is 2.26. The highest BCUT2D eigenvalue weighted by Gasteiger charge is 2.20. The van der Waals surface area contributed by atoms with Crippen LogP contribution in [0.2, 0.25) is 0 Å². The minimum atomic E-state index is -1.03. The molecular weight excluding hydrogens is 456 g/mol. The van der Waals surface area contributed by atoms with Gasteiger partial charge in [-0.2, -0.15) is 10.4 Å². The second-order valence-electron chi connectivity index (χ2n) is 7.58. The molecule has 1 fully saturated rings. The quantitative estimate of drug-likeness (QED) is 0.485. The van der Waals surface area contributed by atoms with Gasteiger partial charge in [-0.1, -0.05) is 0 Å². The first kappa shape index (κ1) is 23.2. The summed E-state index contributed by atoms with van der Waals surface area (Å²) < 4.78 is 3.45. The largest absolute Gasteiger partial charge is 0.480 e. The summed E-state index contributed by atoms with van der Waals surface area (Å²) in [5, 5.41) is 24.7. The fourth-order valence-corrected chi connectivity index (χ4v) is 4.29. The number of carboxylic acids is 1. The summed E-state index contributed by atoms with van der Waals surface area (Å²) in [5.74, 6) is -0.839. The zero-order chi connectivity index (χ0) is 24.1. The molecular formula is C22H22N8O3S. The second-order valence-corrected chi connectivity index (χ2v) is 8.75. The molecule has 1 aliphatic rings. The first-order chi connectivity index (χ1) is 16.4. The van der Waals surface area contributed by atoms with E-state index in [0.717, 1.165) is 36.8 Å². The van der Waals surface area contributed by atoms with Crippen LogP contribution >= 0.6 is 11.9 Å². The van der Waals surface area contributed by atoms with Crippen LogP contribution in [0.4, 0.5) is 11.6 Å². The zero-order valence-corrected chi connectivity index (χ0v) is 19.2. The van der Waals surface area contributed by atoms with Gasteiger partial charge in [-0.15, -0.1) is 0 Å². The first-order valence-corrected chi connectivity index (χ1v) is 11.3. The number of nitrogens with one attached hydrogen (secondary N) is 1. The number of benzene rings is 1. The van der Waals surface area contributed by atoms with Crippen LogP contribution in [0.25, 0.3) is 0 Å². The molecule has 0 atom stereocenters. The van der Waals surface area contributed by atoms with Gasteiger partial charge >= 0.3 is 5.97 Å². The van der Waals surface area contributed by atoms with Crippen LogP contribution in [-0.4, -0.2) is 67.2 Å². The van der Waals surface area contributed by atoms with Gasteiger partial charge in [0.25, 0.3) is 5.91 Å². The monoisotopic (exact) mass is 478 g/mol. The number of anilines is 2. The predicted octanol–water partition coefficient (Wildman–Crippen LogP) is 2.02. The van der Waals surface area contributed by atoms with Crippen LogP contribution in [0.3, 0.4) is 0 Å². The van der Waals surface area contributed by atoms with E-state index >= 15 is 0 Å². The van der Waals surface area contributed by atoms with Crippen molar-refractivity contribution in [2.45, 2.75) is 18.4 Å². The molecule has 1 saturated heterocycles. The summed E-state index contributed by atoms with van der Waals surface area (Å²) in [6, 6.07) is 12.7. The van der Waals surface area contributed by atoms with Gasteiger partial charge in [0.05, 0.1) is 0 Å². The molecule has 1 aliphatic heterocycles. The number of nitrogens with zero attached hydrogens (tertiary/aromatic N) is 7. The standard InChI is InChI=1S/C22H22N8O3S/c1-15-12-17(13-23)26-22(24-15)28-8-10-30(11-9-28)34-18-4-2-16(3-5-18)25-21(33)19-6-7-29(27-19)14-20(31)32/h2-7,12H,8-11,14H2,1H3,(H,25,33)(H,31,32). The molecule has 4 rings (SSSR count). The molecule has 174 valence electrons. The van der Waals surface area contributed by atoms with Crippen molar-refractivity contribution in [1.29, 1.82) is 5.26 Å². The van der Waals surface area contributed by atoms with E-state index in [2.05, 4.69) is 35.7 Å². The number of piperazine rings is 1. The molecule has 3 aromatic rings. The van der Waals surface area contributed by atoms with Crippen molar-refractivity contribution in [2.24, 2.45) is 0 Å². The van der Waals surface area contributed by atoms with Crippen molar-refractivity contribution >= 4 is 35.5 Å². The third-order valence-electron chi connectivity index (χ3n) is 5.00. The average Bonchev–Trinajstić information content (AvgIpc) is 3.28. The number of hydrogen-bond donors (Lipinski definition) is 2. The van der Waals surface area contributed by atoms with Crippen molar-refractivity contribution in [3.8, 4) is 6.07 Å². The maximum Gasteiger partial charge on any atom is 0.325 e. The van der Waals surface area contributed by atoms with Crippen molar-refractivity contribution in [2.75, 3.05) is 36.4 Å². The molecule has 34 heavy (non-hydrogen) atoms. The number of rotatable bonds is 7. The molecule has 3 heterocycles. The Hall–Kier alpha value is -3.95. The van der Waals surface area contributed by atoms with Crippen molar-refractivity contribution in [3.63, 3.8) is 0 Å². The summed E-state index contributed by atoms with van der Waals surface area (Å²) >= 11 is 1.64. The van der Waals surface area contributed by atoms with Gasteiger partial charge in [-0.3, -0.25) is 14.3 Å². The van der Waals surface area contributed by atoms with Crippen LogP contribution in [0.1, 0.15) is 21.9 Å². The minimum absolute atomic E-state index is 0.150. The lowest BCUT2D eigenvalue weighted by Gasteiger charge is -2.33. The third kappa shape index (κ3) is 5.89. The zero-order valence-electron chi connectivity index (χ0n) is 18.4. The summed E-state index contributed by atoms with van der Waals surface area (Å²) in [6.07, 6.45) is 1.45. The fourth-order valence-electron chi connectivity index (χ4n) is 3.38. The van der Waals surface area contributed by atoms with Gasteiger partial charge in [0.2, 0.25) is 5.95 Å². The lowest BCUT2D eigenvalue weighted by molar-refractivity contribution is -0.137. The van der Waals surface area contributed by atoms with E-state index in [0.29, 0.717) is 17.3 Å². The van der Waals surface area contributed by atoms with E-state index in [4.69, 9.17) is 10.4 Å². The Balaban J connectivity index is 1.28. The Morgan fingerprint density at radius 3 is 2.56 bits per heavy atom. The molecule has 1 aromatic carbocycles. The highest BCUT2D eigenvalue weighted by molar-refractivity contribution is 7.97. The number of hydrogen-bond acceptors (Lipinski definition) is 9. The molecule has 2 aromatic heterocycles. The third-order valence-corrected chi connectivity index (χ3v) is 6.10. The predicted molar refractivity (Wildman–Crippen MR) is 125 cm³/mol. The molecule has 0 spiro atoms. The van der Waals surface area contributed by atoms with Gasteiger partial charge < -0.3 is 15.3 Å². The minimum Gasteiger partial charge on any atom is -0.480 e. The number of aryl methyl sites for hydroxylation is 1. The Morgan fingerprint density at radius 1 is 1.15 bits per heavy atom. The van der Waals surface area contributed by atoms with Crippen LogP contribution in [0.15, 0.2) is 47.5 Å². The van der Waals surface area contributed by atoms with Gasteiger partial charge in [-0.05, 0) is 55.3 Å². The molecule has 12 heteroatoms. The molecule has 0 bridgehead atoms. The van der Waals surface area contributed by atoms with Crippen LogP contribution in [-0.2, 0) is 11.3 Å². The molecule has 0 radical (unpaired) electrons. The lowest BCUT2D eigenvalue weighted by atomic mass is 10.3. The van der Waals surface area contributed by atoms with Crippen LogP contribution < -0.4 is 10.2 Å². The van der Waals surface area contributed by atoms with Crippen molar-refractivity contribution in [3.05, 3.63) is 59.7 Å². The Labute approximate surface area is 200 Å². The maximum atomic E-state index is 12.3. The summed E-state index contributed by atoms with van der Waals surface area (Å²) in [4.78, 5) is 35.0. The van der Waals surface area contributed by atoms with E-state index in [-0.39, 0.29) is 12.2 Å². The van der Waals surface area contributed by atoms with E-state index < -0.39 is 11.9 Å². The molecule has 1 amide bonds. The molecule has 2 N–H and O–H groups in total. The topological polar surface area (TPSA) is 140 Å². The normalized spacial score (nSPS) is 13.9. The molecule has 0 aliphatic carbocycles. The number of aliphatic carboxylic acids is 1. The smallest absolute Gasteiger partial charge is 0.325 e. The van der Waals surface area contributed by atoms with E-state index in [1.165, 1.54) is 16.9 Å². The fraction of sp³-hybridized carbons (Fsp3) is 0.273. The lowest BCUT2D eigenvalue weighted by Crippen LogP contribution is -2.44. The van der Waals surface area contributed by atoms with E-state index in [1.807, 2.05) is 31.2 Å². The first-order valence-electron chi connectivity index (χ1n) is 10.5. The molecule has 0 saturated carbocycles. The van der Waals surface area contributed by atoms with Crippen molar-refractivity contribution in [1.82, 2.24) is 24.1 Å². The number of nitriles is 1. The van der Waals surface area contributed by atoms with Crippen LogP contribution in [0.5, 0.6) is 0 Å². The number of carbonyl (C=O) groups excluding carboxylic acids is 1. The van der Waals surface area contributed by atoms with Crippen molar-refractivity contribution < 1.29 is 14.7 Å². The van der Waals surface area contributed by atoms with Crippen LogP contribution in [0, 0.1) is 18.3 Å². The Morgan fingerprint density at radius 2 is 1.88 bits per heavy atom. The van der Waals surface area contributed by atoms with E-state index in [9.17, 15) is 9.59 Å². The van der Waals surface area contributed by atoms with Gasteiger partial charge in [0.1, 0.15) is 18.3 Å². The average molecular weight is 479 g/mol.